The summed E-state index contributed by atoms with van der Waals surface area (Å²) < 4.78 is 2.70. The van der Waals surface area contributed by atoms with Crippen molar-refractivity contribution in [3.63, 3.8) is 0 Å². The Bertz CT molecular complexity index is 1050. The number of aromatic amines is 1. The van der Waals surface area contributed by atoms with Crippen LogP contribution in [0.25, 0.3) is 27.7 Å². The lowest BCUT2D eigenvalue weighted by atomic mass is 10.2. The molecular formula is C15H10IN3O. The highest BCUT2D eigenvalue weighted by Crippen LogP contribution is 2.20. The number of H-pyrrole nitrogens is 1. The van der Waals surface area contributed by atoms with Gasteiger partial charge in [-0.3, -0.25) is 4.79 Å². The molecule has 0 aliphatic carbocycles. The second-order valence-corrected chi connectivity index (χ2v) is 6.08. The van der Waals surface area contributed by atoms with Crippen molar-refractivity contribution in [1.29, 1.82) is 0 Å². The lowest BCUT2D eigenvalue weighted by molar-refractivity contribution is 1.11. The number of hydrogen-bond donors (Lipinski definition) is 1. The van der Waals surface area contributed by atoms with E-state index in [1.54, 1.807) is 4.40 Å². The minimum atomic E-state index is -0.0240. The van der Waals surface area contributed by atoms with E-state index in [-0.39, 0.29) is 5.56 Å². The first-order valence-electron chi connectivity index (χ1n) is 6.24. The first-order valence-corrected chi connectivity index (χ1v) is 7.32. The molecule has 1 N–H and O–H groups in total. The predicted molar refractivity (Wildman–Crippen MR) is 88.3 cm³/mol. The highest BCUT2D eigenvalue weighted by molar-refractivity contribution is 14.1. The summed E-state index contributed by atoms with van der Waals surface area (Å²) in [6.07, 6.45) is 0. The molecule has 0 radical (unpaired) electrons. The van der Waals surface area contributed by atoms with Crippen LogP contribution < -0.4 is 5.56 Å². The van der Waals surface area contributed by atoms with Crippen LogP contribution in [-0.2, 0) is 0 Å². The van der Waals surface area contributed by atoms with Crippen molar-refractivity contribution in [1.82, 2.24) is 14.4 Å². The third kappa shape index (κ3) is 1.53. The molecule has 0 amide bonds. The van der Waals surface area contributed by atoms with E-state index < -0.39 is 0 Å². The maximum atomic E-state index is 12.8. The topological polar surface area (TPSA) is 50.2 Å². The predicted octanol–water partition coefficient (Wildman–Crippen LogP) is 3.24. The second-order valence-electron chi connectivity index (χ2n) is 4.83. The Balaban J connectivity index is 2.36. The van der Waals surface area contributed by atoms with E-state index >= 15 is 0 Å². The van der Waals surface area contributed by atoms with E-state index in [0.717, 1.165) is 25.7 Å². The standard InChI is InChI=1S/C15H10IN3O/c1-8-3-2-4-12-13(8)19-14(20)10-7-9(16)5-6-11(10)17-15(19)18-12/h2-7H,1H3,(H,17,18). The molecule has 20 heavy (non-hydrogen) atoms. The van der Waals surface area contributed by atoms with E-state index in [1.807, 2.05) is 43.3 Å². The molecular weight excluding hydrogens is 365 g/mol. The zero-order chi connectivity index (χ0) is 13.9. The summed E-state index contributed by atoms with van der Waals surface area (Å²) in [6.45, 7) is 2.00. The lowest BCUT2D eigenvalue weighted by Gasteiger charge is -2.01. The third-order valence-electron chi connectivity index (χ3n) is 3.54. The van der Waals surface area contributed by atoms with Crippen molar-refractivity contribution < 1.29 is 0 Å². The number of benzene rings is 2. The maximum absolute atomic E-state index is 12.8. The lowest BCUT2D eigenvalue weighted by Crippen LogP contribution is -2.14. The van der Waals surface area contributed by atoms with E-state index in [0.29, 0.717) is 11.2 Å². The molecule has 0 aliphatic rings. The Kier molecular flexibility index (Phi) is 2.41. The number of hydrogen-bond acceptors (Lipinski definition) is 2. The fourth-order valence-electron chi connectivity index (χ4n) is 2.63. The first-order chi connectivity index (χ1) is 9.65. The van der Waals surface area contributed by atoms with Crippen molar-refractivity contribution in [3.05, 3.63) is 55.9 Å². The minimum Gasteiger partial charge on any atom is -0.323 e. The van der Waals surface area contributed by atoms with Gasteiger partial charge in [0.15, 0.2) is 0 Å². The van der Waals surface area contributed by atoms with Gasteiger partial charge in [0.05, 0.1) is 21.9 Å². The molecule has 4 aromatic rings. The van der Waals surface area contributed by atoms with Crippen LogP contribution in [0.5, 0.6) is 0 Å². The maximum Gasteiger partial charge on any atom is 0.267 e. The summed E-state index contributed by atoms with van der Waals surface area (Å²) in [4.78, 5) is 20.5. The summed E-state index contributed by atoms with van der Waals surface area (Å²) in [5.41, 5.74) is 3.59. The smallest absolute Gasteiger partial charge is 0.267 e. The largest absolute Gasteiger partial charge is 0.323 e. The molecule has 0 atom stereocenters. The molecule has 98 valence electrons. The van der Waals surface area contributed by atoms with Gasteiger partial charge in [0.2, 0.25) is 5.78 Å². The highest BCUT2D eigenvalue weighted by Gasteiger charge is 2.12. The van der Waals surface area contributed by atoms with Crippen LogP contribution in [-0.4, -0.2) is 14.4 Å². The highest BCUT2D eigenvalue weighted by atomic mass is 127. The van der Waals surface area contributed by atoms with Crippen molar-refractivity contribution >= 4 is 50.3 Å². The summed E-state index contributed by atoms with van der Waals surface area (Å²) in [5.74, 6) is 0.591. The van der Waals surface area contributed by atoms with Crippen molar-refractivity contribution in [2.45, 2.75) is 6.92 Å². The van der Waals surface area contributed by atoms with Gasteiger partial charge in [0.25, 0.3) is 5.56 Å². The number of aryl methyl sites for hydroxylation is 1. The van der Waals surface area contributed by atoms with E-state index in [4.69, 9.17) is 0 Å². The molecule has 4 nitrogen and oxygen atoms in total. The quantitative estimate of drug-likeness (QED) is 0.480. The molecule has 0 saturated heterocycles. The van der Waals surface area contributed by atoms with Crippen LogP contribution in [0.1, 0.15) is 5.56 Å². The van der Waals surface area contributed by atoms with Crippen molar-refractivity contribution in [2.24, 2.45) is 0 Å². The Labute approximate surface area is 127 Å². The number of imidazole rings is 1. The SMILES string of the molecule is Cc1cccc2[nH]c3nc4ccc(I)cc4c(=O)n3c12. The fraction of sp³-hybridized carbons (Fsp3) is 0.0667. The zero-order valence-electron chi connectivity index (χ0n) is 10.6. The molecule has 2 aromatic heterocycles. The molecule has 4 rings (SSSR count). The number of rotatable bonds is 0. The summed E-state index contributed by atoms with van der Waals surface area (Å²) in [6, 6.07) is 11.7. The Morgan fingerprint density at radius 1 is 1.25 bits per heavy atom. The minimum absolute atomic E-state index is 0.0240. The fourth-order valence-corrected chi connectivity index (χ4v) is 3.12. The summed E-state index contributed by atoms with van der Waals surface area (Å²) >= 11 is 2.21. The average Bonchev–Trinajstić information content (AvgIpc) is 2.80. The molecule has 0 aliphatic heterocycles. The summed E-state index contributed by atoms with van der Waals surface area (Å²) in [5, 5.41) is 0.651. The summed E-state index contributed by atoms with van der Waals surface area (Å²) in [7, 11) is 0. The molecule has 0 bridgehead atoms. The van der Waals surface area contributed by atoms with Crippen LogP contribution in [0.15, 0.2) is 41.2 Å². The van der Waals surface area contributed by atoms with Gasteiger partial charge in [-0.05, 0) is 59.3 Å². The Hall–Kier alpha value is -1.89. The number of fused-ring (bicyclic) bond motifs is 4. The molecule has 0 unspecified atom stereocenters. The van der Waals surface area contributed by atoms with Gasteiger partial charge < -0.3 is 4.98 Å². The molecule has 2 heterocycles. The number of halogens is 1. The van der Waals surface area contributed by atoms with Crippen LogP contribution in [0.2, 0.25) is 0 Å². The first kappa shape index (κ1) is 11.9. The molecule has 0 spiro atoms. The second kappa shape index (κ2) is 4.05. The van der Waals surface area contributed by atoms with Crippen LogP contribution in [0.3, 0.4) is 0 Å². The van der Waals surface area contributed by atoms with E-state index in [1.165, 1.54) is 0 Å². The molecule has 5 heteroatoms. The van der Waals surface area contributed by atoms with Crippen molar-refractivity contribution in [2.75, 3.05) is 0 Å². The normalized spacial score (nSPS) is 11.7. The van der Waals surface area contributed by atoms with E-state index in [9.17, 15) is 4.79 Å². The molecule has 0 saturated carbocycles. The van der Waals surface area contributed by atoms with Gasteiger partial charge in [-0.2, -0.15) is 0 Å². The Morgan fingerprint density at radius 2 is 2.10 bits per heavy atom. The van der Waals surface area contributed by atoms with Crippen LogP contribution in [0.4, 0.5) is 0 Å². The number of nitrogens with one attached hydrogen (secondary N) is 1. The van der Waals surface area contributed by atoms with Gasteiger partial charge in [-0.15, -0.1) is 0 Å². The van der Waals surface area contributed by atoms with Crippen LogP contribution in [0, 0.1) is 10.5 Å². The average molecular weight is 375 g/mol. The van der Waals surface area contributed by atoms with E-state index in [2.05, 4.69) is 32.6 Å². The molecule has 2 aromatic carbocycles. The van der Waals surface area contributed by atoms with Gasteiger partial charge in [-0.25, -0.2) is 9.38 Å². The van der Waals surface area contributed by atoms with Crippen LogP contribution >= 0.6 is 22.6 Å². The van der Waals surface area contributed by atoms with Gasteiger partial charge in [0.1, 0.15) is 0 Å². The Morgan fingerprint density at radius 3 is 2.95 bits per heavy atom. The van der Waals surface area contributed by atoms with Gasteiger partial charge in [-0.1, -0.05) is 12.1 Å². The number of nitrogens with zero attached hydrogens (tertiary/aromatic N) is 2. The third-order valence-corrected chi connectivity index (χ3v) is 4.21. The monoisotopic (exact) mass is 375 g/mol. The molecule has 0 fully saturated rings. The zero-order valence-corrected chi connectivity index (χ0v) is 12.8. The van der Waals surface area contributed by atoms with Crippen molar-refractivity contribution in [3.8, 4) is 0 Å². The van der Waals surface area contributed by atoms with Gasteiger partial charge in [0, 0.05) is 3.57 Å². The van der Waals surface area contributed by atoms with Gasteiger partial charge >= 0.3 is 0 Å². The number of aromatic nitrogens is 3. The number of para-hydroxylation sites is 1.